The van der Waals surface area contributed by atoms with Crippen LogP contribution < -0.4 is 5.73 Å². The maximum atomic E-state index is 6.53. The van der Waals surface area contributed by atoms with Crippen LogP contribution >= 0.6 is 0 Å². The van der Waals surface area contributed by atoms with Gasteiger partial charge in [0, 0.05) is 6.04 Å². The summed E-state index contributed by atoms with van der Waals surface area (Å²) in [5.74, 6) is 1.12. The lowest BCUT2D eigenvalue weighted by atomic mass is 9.79. The quantitative estimate of drug-likeness (QED) is 0.835. The molecule has 0 bridgehead atoms. The Morgan fingerprint density at radius 3 is 1.33 bits per heavy atom. The van der Waals surface area contributed by atoms with E-state index in [2.05, 4.69) is 55.4 Å². The number of hydrogen-bond acceptors (Lipinski definition) is 1. The van der Waals surface area contributed by atoms with Crippen LogP contribution in [0.15, 0.2) is 0 Å². The zero-order valence-electron chi connectivity index (χ0n) is 13.3. The first-order chi connectivity index (χ1) is 8.20. The average molecular weight is 247 g/mol. The topological polar surface area (TPSA) is 26.0 Å². The van der Waals surface area contributed by atoms with E-state index >= 15 is 0 Å². The normalized spacial score (nSPS) is 15.0. The lowest BCUT2D eigenvalue weighted by Crippen LogP contribution is -2.25. The summed E-state index contributed by atoms with van der Waals surface area (Å²) in [5.41, 5.74) is 14.9. The van der Waals surface area contributed by atoms with E-state index in [1.807, 2.05) is 0 Å². The van der Waals surface area contributed by atoms with Gasteiger partial charge < -0.3 is 5.73 Å². The van der Waals surface area contributed by atoms with Crippen molar-refractivity contribution < 1.29 is 0 Å². The molecule has 2 unspecified atom stereocenters. The van der Waals surface area contributed by atoms with Gasteiger partial charge >= 0.3 is 0 Å². The molecular weight excluding hydrogens is 218 g/mol. The third-order valence-electron chi connectivity index (χ3n) is 5.01. The van der Waals surface area contributed by atoms with E-state index in [4.69, 9.17) is 5.73 Å². The number of hydrogen-bond donors (Lipinski definition) is 1. The molecule has 0 aliphatic rings. The first kappa shape index (κ1) is 15.2. The molecule has 1 aromatic carbocycles. The molecule has 1 nitrogen and oxygen atoms in total. The standard InChI is InChI=1S/C17H29N/c1-9(2)10(3)17(18)16-14(7)12(5)11(4)13(6)15(16)8/h9-10,17H,18H2,1-8H3. The van der Waals surface area contributed by atoms with Crippen molar-refractivity contribution in [3.63, 3.8) is 0 Å². The van der Waals surface area contributed by atoms with Crippen LogP contribution in [-0.4, -0.2) is 0 Å². The molecule has 0 amide bonds. The predicted molar refractivity (Wildman–Crippen MR) is 81.1 cm³/mol. The third-order valence-corrected chi connectivity index (χ3v) is 5.01. The maximum Gasteiger partial charge on any atom is 0.0328 e. The summed E-state index contributed by atoms with van der Waals surface area (Å²) in [5, 5.41) is 0. The highest BCUT2D eigenvalue weighted by atomic mass is 14.7. The second kappa shape index (κ2) is 5.44. The largest absolute Gasteiger partial charge is 0.324 e. The van der Waals surface area contributed by atoms with Gasteiger partial charge in [-0.05, 0) is 79.8 Å². The van der Waals surface area contributed by atoms with Crippen molar-refractivity contribution >= 4 is 0 Å². The molecule has 0 radical (unpaired) electrons. The summed E-state index contributed by atoms with van der Waals surface area (Å²) in [7, 11) is 0. The second-order valence-electron chi connectivity index (χ2n) is 6.17. The molecule has 0 aliphatic carbocycles. The van der Waals surface area contributed by atoms with Crippen molar-refractivity contribution in [2.24, 2.45) is 17.6 Å². The van der Waals surface area contributed by atoms with Crippen molar-refractivity contribution in [1.82, 2.24) is 0 Å². The van der Waals surface area contributed by atoms with Gasteiger partial charge in [0.1, 0.15) is 0 Å². The van der Waals surface area contributed by atoms with Crippen LogP contribution in [0.3, 0.4) is 0 Å². The van der Waals surface area contributed by atoms with Crippen LogP contribution in [0, 0.1) is 46.5 Å². The molecule has 0 spiro atoms. The lowest BCUT2D eigenvalue weighted by molar-refractivity contribution is 0.350. The van der Waals surface area contributed by atoms with Crippen LogP contribution in [0.4, 0.5) is 0 Å². The second-order valence-corrected chi connectivity index (χ2v) is 6.17. The SMILES string of the molecule is Cc1c(C)c(C)c(C(N)C(C)C(C)C)c(C)c1C. The van der Waals surface area contributed by atoms with E-state index in [0.29, 0.717) is 11.8 Å². The van der Waals surface area contributed by atoms with Crippen molar-refractivity contribution in [2.45, 2.75) is 61.4 Å². The fourth-order valence-corrected chi connectivity index (χ4v) is 2.71. The zero-order valence-corrected chi connectivity index (χ0v) is 13.3. The van der Waals surface area contributed by atoms with Gasteiger partial charge in [0.15, 0.2) is 0 Å². The highest BCUT2D eigenvalue weighted by Crippen LogP contribution is 2.34. The minimum absolute atomic E-state index is 0.142. The van der Waals surface area contributed by atoms with Gasteiger partial charge in [-0.2, -0.15) is 0 Å². The van der Waals surface area contributed by atoms with Gasteiger partial charge in [-0.1, -0.05) is 20.8 Å². The highest BCUT2D eigenvalue weighted by Gasteiger charge is 2.23. The zero-order chi connectivity index (χ0) is 14.2. The highest BCUT2D eigenvalue weighted by molar-refractivity contribution is 5.50. The van der Waals surface area contributed by atoms with Crippen LogP contribution in [0.25, 0.3) is 0 Å². The smallest absolute Gasteiger partial charge is 0.0328 e. The Balaban J connectivity index is 3.42. The molecule has 2 N–H and O–H groups in total. The predicted octanol–water partition coefficient (Wildman–Crippen LogP) is 4.52. The summed E-state index contributed by atoms with van der Waals surface area (Å²) in [6, 6.07) is 0.142. The Morgan fingerprint density at radius 1 is 0.667 bits per heavy atom. The van der Waals surface area contributed by atoms with Crippen LogP contribution in [0.2, 0.25) is 0 Å². The van der Waals surface area contributed by atoms with Gasteiger partial charge in [-0.15, -0.1) is 0 Å². The summed E-state index contributed by atoms with van der Waals surface area (Å²) in [4.78, 5) is 0. The minimum atomic E-state index is 0.142. The van der Waals surface area contributed by atoms with E-state index < -0.39 is 0 Å². The molecule has 1 heteroatoms. The van der Waals surface area contributed by atoms with Crippen LogP contribution in [-0.2, 0) is 0 Å². The molecule has 0 aromatic heterocycles. The van der Waals surface area contributed by atoms with Crippen LogP contribution in [0.5, 0.6) is 0 Å². The molecule has 1 rings (SSSR count). The number of benzene rings is 1. The molecule has 0 heterocycles. The third kappa shape index (κ3) is 2.47. The summed E-state index contributed by atoms with van der Waals surface area (Å²) in [6.07, 6.45) is 0. The molecule has 0 aliphatic heterocycles. The molecule has 0 saturated heterocycles. The van der Waals surface area contributed by atoms with Crippen molar-refractivity contribution in [1.29, 1.82) is 0 Å². The van der Waals surface area contributed by atoms with Crippen molar-refractivity contribution in [3.05, 3.63) is 33.4 Å². The average Bonchev–Trinajstić information content (AvgIpc) is 2.32. The van der Waals surface area contributed by atoms with Crippen LogP contribution in [0.1, 0.15) is 60.2 Å². The van der Waals surface area contributed by atoms with Gasteiger partial charge in [0.05, 0.1) is 0 Å². The van der Waals surface area contributed by atoms with Crippen molar-refractivity contribution in [2.75, 3.05) is 0 Å². The molecule has 102 valence electrons. The Hall–Kier alpha value is -0.820. The van der Waals surface area contributed by atoms with Gasteiger partial charge in [-0.25, -0.2) is 0 Å². The molecular formula is C17H29N. The fourth-order valence-electron chi connectivity index (χ4n) is 2.71. The Labute approximate surface area is 113 Å². The summed E-state index contributed by atoms with van der Waals surface area (Å²) >= 11 is 0. The van der Waals surface area contributed by atoms with E-state index in [-0.39, 0.29) is 6.04 Å². The van der Waals surface area contributed by atoms with Gasteiger partial charge in [0.25, 0.3) is 0 Å². The lowest BCUT2D eigenvalue weighted by Gasteiger charge is -2.29. The first-order valence-corrected chi connectivity index (χ1v) is 7.02. The maximum absolute atomic E-state index is 6.53. The number of nitrogens with two attached hydrogens (primary N) is 1. The van der Waals surface area contributed by atoms with Gasteiger partial charge in [0.2, 0.25) is 0 Å². The molecule has 18 heavy (non-hydrogen) atoms. The monoisotopic (exact) mass is 247 g/mol. The minimum Gasteiger partial charge on any atom is -0.324 e. The van der Waals surface area contributed by atoms with E-state index in [1.165, 1.54) is 33.4 Å². The van der Waals surface area contributed by atoms with Gasteiger partial charge in [-0.3, -0.25) is 0 Å². The summed E-state index contributed by atoms with van der Waals surface area (Å²) < 4.78 is 0. The summed E-state index contributed by atoms with van der Waals surface area (Å²) in [6.45, 7) is 17.9. The number of rotatable bonds is 3. The Morgan fingerprint density at radius 2 is 1.00 bits per heavy atom. The fraction of sp³-hybridized carbons (Fsp3) is 0.647. The Bertz CT molecular complexity index is 414. The molecule has 1 aromatic rings. The van der Waals surface area contributed by atoms with E-state index in [9.17, 15) is 0 Å². The molecule has 2 atom stereocenters. The van der Waals surface area contributed by atoms with E-state index in [1.54, 1.807) is 0 Å². The van der Waals surface area contributed by atoms with Crippen molar-refractivity contribution in [3.8, 4) is 0 Å². The Kier molecular flexibility index (Phi) is 4.61. The first-order valence-electron chi connectivity index (χ1n) is 7.02. The molecule has 0 fully saturated rings. The van der Waals surface area contributed by atoms with E-state index in [0.717, 1.165) is 0 Å². The molecule has 0 saturated carbocycles.